The van der Waals surface area contributed by atoms with Crippen LogP contribution in [0.3, 0.4) is 0 Å². The van der Waals surface area contributed by atoms with Crippen molar-refractivity contribution in [3.63, 3.8) is 0 Å². The molecule has 0 bridgehead atoms. The van der Waals surface area contributed by atoms with Crippen LogP contribution in [0.2, 0.25) is 0 Å². The number of para-hydroxylation sites is 1. The number of methoxy groups -OCH3 is 2. The number of hydrogen-bond acceptors (Lipinski definition) is 6. The molecule has 0 radical (unpaired) electrons. The lowest BCUT2D eigenvalue weighted by atomic mass is 10.1. The summed E-state index contributed by atoms with van der Waals surface area (Å²) in [7, 11) is 3.14. The molecule has 8 heteroatoms. The van der Waals surface area contributed by atoms with Gasteiger partial charge in [0.05, 0.1) is 26.1 Å². The van der Waals surface area contributed by atoms with E-state index in [4.69, 9.17) is 19.9 Å². The van der Waals surface area contributed by atoms with Gasteiger partial charge in [-0.1, -0.05) is 18.2 Å². The van der Waals surface area contributed by atoms with Gasteiger partial charge in [0.25, 0.3) is 0 Å². The fourth-order valence-electron chi connectivity index (χ4n) is 2.97. The third kappa shape index (κ3) is 5.72. The number of aryl methyl sites for hydroxylation is 1. The lowest BCUT2D eigenvalue weighted by molar-refractivity contribution is -0.116. The van der Waals surface area contributed by atoms with Crippen LogP contribution in [0.1, 0.15) is 22.3 Å². The molecule has 31 heavy (non-hydrogen) atoms. The number of hydrogen-bond donors (Lipinski definition) is 2. The number of nitrogens with two attached hydrogens (primary N) is 1. The number of carbonyl (C=O) groups excluding carboxylic acids is 2. The second-order valence-electron chi connectivity index (χ2n) is 6.58. The second-order valence-corrected chi connectivity index (χ2v) is 6.58. The molecule has 2 amide bonds. The summed E-state index contributed by atoms with van der Waals surface area (Å²) < 4.78 is 16.3. The molecular weight excluding hydrogens is 398 g/mol. The second kappa shape index (κ2) is 10.1. The highest BCUT2D eigenvalue weighted by molar-refractivity contribution is 5.93. The Kier molecular flexibility index (Phi) is 7.05. The van der Waals surface area contributed by atoms with Crippen molar-refractivity contribution in [1.82, 2.24) is 4.98 Å². The highest BCUT2D eigenvalue weighted by atomic mass is 16.5. The van der Waals surface area contributed by atoms with Gasteiger partial charge in [-0.25, -0.2) is 4.98 Å². The zero-order valence-electron chi connectivity index (χ0n) is 17.3. The third-order valence-electron chi connectivity index (χ3n) is 4.47. The summed E-state index contributed by atoms with van der Waals surface area (Å²) in [6.45, 7) is 0. The number of aromatic nitrogens is 1. The van der Waals surface area contributed by atoms with Gasteiger partial charge in [0.2, 0.25) is 17.7 Å². The zero-order valence-corrected chi connectivity index (χ0v) is 17.3. The Hall–Kier alpha value is -4.07. The van der Waals surface area contributed by atoms with Gasteiger partial charge in [0.15, 0.2) is 11.5 Å². The van der Waals surface area contributed by atoms with Crippen LogP contribution in [-0.2, 0) is 11.2 Å². The van der Waals surface area contributed by atoms with Crippen LogP contribution in [0.15, 0.2) is 60.8 Å². The van der Waals surface area contributed by atoms with Crippen molar-refractivity contribution in [3.05, 3.63) is 71.9 Å². The quantitative estimate of drug-likeness (QED) is 0.546. The minimum absolute atomic E-state index is 0.158. The standard InChI is InChI=1S/C23H23N3O5/c1-29-19-8-4-5-15(22(19)30-2)9-11-20(27)26-17-10-12-21(25-14-17)31-18-7-3-6-16(13-18)23(24)28/h3-8,10,12-14H,9,11H2,1-2H3,(H2,24,28)(H,26,27). The molecule has 0 saturated heterocycles. The van der Waals surface area contributed by atoms with Crippen LogP contribution in [0.4, 0.5) is 5.69 Å². The molecule has 8 nitrogen and oxygen atoms in total. The Bertz CT molecular complexity index is 1070. The van der Waals surface area contributed by atoms with Crippen molar-refractivity contribution in [1.29, 1.82) is 0 Å². The summed E-state index contributed by atoms with van der Waals surface area (Å²) in [6.07, 6.45) is 2.26. The number of rotatable bonds is 9. The summed E-state index contributed by atoms with van der Waals surface area (Å²) in [6, 6.07) is 15.4. The fourth-order valence-corrected chi connectivity index (χ4v) is 2.97. The Labute approximate surface area is 180 Å². The monoisotopic (exact) mass is 421 g/mol. The number of nitrogens with one attached hydrogen (secondary N) is 1. The van der Waals surface area contributed by atoms with Crippen molar-refractivity contribution in [2.24, 2.45) is 5.73 Å². The van der Waals surface area contributed by atoms with Gasteiger partial charge in [-0.2, -0.15) is 0 Å². The summed E-state index contributed by atoms with van der Waals surface area (Å²) in [5.74, 6) is 1.31. The van der Waals surface area contributed by atoms with Gasteiger partial charge in [-0.05, 0) is 42.3 Å². The van der Waals surface area contributed by atoms with Crippen LogP contribution in [0.5, 0.6) is 23.1 Å². The highest BCUT2D eigenvalue weighted by Gasteiger charge is 2.12. The van der Waals surface area contributed by atoms with E-state index in [1.54, 1.807) is 44.6 Å². The maximum atomic E-state index is 12.3. The molecule has 0 aliphatic rings. The Morgan fingerprint density at radius 2 is 1.84 bits per heavy atom. The lowest BCUT2D eigenvalue weighted by Crippen LogP contribution is -2.13. The van der Waals surface area contributed by atoms with E-state index in [-0.39, 0.29) is 12.3 Å². The van der Waals surface area contributed by atoms with Gasteiger partial charge in [-0.15, -0.1) is 0 Å². The summed E-state index contributed by atoms with van der Waals surface area (Å²) in [5, 5.41) is 2.80. The first kappa shape index (κ1) is 21.6. The van der Waals surface area contributed by atoms with Gasteiger partial charge < -0.3 is 25.3 Å². The van der Waals surface area contributed by atoms with Crippen molar-refractivity contribution in [2.75, 3.05) is 19.5 Å². The first-order valence-electron chi connectivity index (χ1n) is 9.53. The number of primary amides is 1. The lowest BCUT2D eigenvalue weighted by Gasteiger charge is -2.12. The van der Waals surface area contributed by atoms with Gasteiger partial charge in [0.1, 0.15) is 5.75 Å². The van der Waals surface area contributed by atoms with Crippen LogP contribution in [0.25, 0.3) is 0 Å². The van der Waals surface area contributed by atoms with E-state index in [9.17, 15) is 9.59 Å². The molecule has 0 atom stereocenters. The van der Waals surface area contributed by atoms with Crippen molar-refractivity contribution in [2.45, 2.75) is 12.8 Å². The molecule has 3 N–H and O–H groups in total. The highest BCUT2D eigenvalue weighted by Crippen LogP contribution is 2.31. The molecular formula is C23H23N3O5. The zero-order chi connectivity index (χ0) is 22.2. The minimum Gasteiger partial charge on any atom is -0.493 e. The normalized spacial score (nSPS) is 10.3. The number of nitrogens with zero attached hydrogens (tertiary/aromatic N) is 1. The Balaban J connectivity index is 1.57. The maximum absolute atomic E-state index is 12.3. The molecule has 1 heterocycles. The molecule has 3 rings (SSSR count). The van der Waals surface area contributed by atoms with Crippen LogP contribution >= 0.6 is 0 Å². The number of anilines is 1. The van der Waals surface area contributed by atoms with E-state index in [2.05, 4.69) is 10.3 Å². The number of carbonyl (C=O) groups is 2. The molecule has 3 aromatic rings. The van der Waals surface area contributed by atoms with Crippen molar-refractivity contribution in [3.8, 4) is 23.1 Å². The minimum atomic E-state index is -0.539. The maximum Gasteiger partial charge on any atom is 0.248 e. The smallest absolute Gasteiger partial charge is 0.248 e. The molecule has 0 aliphatic carbocycles. The van der Waals surface area contributed by atoms with Crippen molar-refractivity contribution < 1.29 is 23.8 Å². The molecule has 0 unspecified atom stereocenters. The molecule has 160 valence electrons. The van der Waals surface area contributed by atoms with Gasteiger partial charge >= 0.3 is 0 Å². The predicted octanol–water partition coefficient (Wildman–Crippen LogP) is 3.56. The number of benzene rings is 2. The summed E-state index contributed by atoms with van der Waals surface area (Å²) in [4.78, 5) is 27.8. The average molecular weight is 421 g/mol. The SMILES string of the molecule is COc1cccc(CCC(=O)Nc2ccc(Oc3cccc(C(N)=O)c3)nc2)c1OC. The molecule has 0 saturated carbocycles. The van der Waals surface area contributed by atoms with E-state index in [1.165, 1.54) is 12.3 Å². The first-order valence-corrected chi connectivity index (χ1v) is 9.53. The third-order valence-corrected chi connectivity index (χ3v) is 4.47. The van der Waals surface area contributed by atoms with Gasteiger partial charge in [-0.3, -0.25) is 9.59 Å². The van der Waals surface area contributed by atoms with E-state index < -0.39 is 5.91 Å². The molecule has 0 fully saturated rings. The molecule has 0 aliphatic heterocycles. The topological polar surface area (TPSA) is 113 Å². The van der Waals surface area contributed by atoms with E-state index in [1.807, 2.05) is 18.2 Å². The Morgan fingerprint density at radius 3 is 2.52 bits per heavy atom. The number of amides is 2. The van der Waals surface area contributed by atoms with E-state index in [0.717, 1.165) is 5.56 Å². The average Bonchev–Trinajstić information content (AvgIpc) is 2.78. The van der Waals surface area contributed by atoms with E-state index in [0.29, 0.717) is 40.8 Å². The largest absolute Gasteiger partial charge is 0.493 e. The molecule has 0 spiro atoms. The summed E-state index contributed by atoms with van der Waals surface area (Å²) in [5.41, 5.74) is 7.04. The van der Waals surface area contributed by atoms with Gasteiger partial charge in [0, 0.05) is 18.1 Å². The summed E-state index contributed by atoms with van der Waals surface area (Å²) >= 11 is 0. The molecule has 1 aromatic heterocycles. The van der Waals surface area contributed by atoms with E-state index >= 15 is 0 Å². The fraction of sp³-hybridized carbons (Fsp3) is 0.174. The Morgan fingerprint density at radius 1 is 1.03 bits per heavy atom. The number of pyridine rings is 1. The van der Waals surface area contributed by atoms with Crippen LogP contribution in [-0.4, -0.2) is 31.0 Å². The first-order chi connectivity index (χ1) is 15.0. The van der Waals surface area contributed by atoms with Crippen LogP contribution < -0.4 is 25.3 Å². The molecule has 2 aromatic carbocycles. The predicted molar refractivity (Wildman–Crippen MR) is 116 cm³/mol. The van der Waals surface area contributed by atoms with Crippen LogP contribution in [0, 0.1) is 0 Å². The van der Waals surface area contributed by atoms with Crippen molar-refractivity contribution >= 4 is 17.5 Å². The number of ether oxygens (including phenoxy) is 3.